The molecule has 0 atom stereocenters. The lowest BCUT2D eigenvalue weighted by molar-refractivity contribution is 1.18. The van der Waals surface area contributed by atoms with Crippen molar-refractivity contribution in [1.82, 2.24) is 9.97 Å². The zero-order chi connectivity index (χ0) is 15.5. The number of anilines is 1. The van der Waals surface area contributed by atoms with Gasteiger partial charge in [-0.2, -0.15) is 10.1 Å². The van der Waals surface area contributed by atoms with Gasteiger partial charge in [0.1, 0.15) is 0 Å². The van der Waals surface area contributed by atoms with E-state index in [2.05, 4.69) is 36.4 Å². The number of nitrogens with zero attached hydrogens (tertiary/aromatic N) is 3. The van der Waals surface area contributed by atoms with Gasteiger partial charge in [0.15, 0.2) is 5.82 Å². The second-order valence-electron chi connectivity index (χ2n) is 4.76. The fourth-order valence-electron chi connectivity index (χ4n) is 2.09. The topological polar surface area (TPSA) is 50.2 Å². The first kappa shape index (κ1) is 14.9. The van der Waals surface area contributed by atoms with Gasteiger partial charge in [0.2, 0.25) is 5.28 Å². The predicted molar refractivity (Wildman–Crippen MR) is 94.6 cm³/mol. The number of aryl methyl sites for hydroxylation is 1. The molecule has 110 valence electrons. The molecular weight excluding hydrogens is 364 g/mol. The van der Waals surface area contributed by atoms with Gasteiger partial charge in [-0.15, -0.1) is 0 Å². The molecule has 0 aliphatic rings. The van der Waals surface area contributed by atoms with Crippen LogP contribution in [0.2, 0.25) is 5.28 Å². The number of nitrogens with one attached hydrogen (secondary N) is 1. The summed E-state index contributed by atoms with van der Waals surface area (Å²) < 4.78 is 0.861. The summed E-state index contributed by atoms with van der Waals surface area (Å²) in [6.07, 6.45) is 1.74. The molecule has 3 aromatic rings. The number of aromatic nitrogens is 2. The van der Waals surface area contributed by atoms with Gasteiger partial charge < -0.3 is 0 Å². The number of benzene rings is 2. The third-order valence-corrected chi connectivity index (χ3v) is 3.89. The van der Waals surface area contributed by atoms with Gasteiger partial charge in [0.25, 0.3) is 0 Å². The molecule has 4 nitrogen and oxygen atoms in total. The first-order chi connectivity index (χ1) is 10.6. The van der Waals surface area contributed by atoms with Gasteiger partial charge in [-0.1, -0.05) is 35.9 Å². The van der Waals surface area contributed by atoms with Crippen LogP contribution < -0.4 is 5.43 Å². The predicted octanol–water partition coefficient (Wildman–Crippen LogP) is 4.80. The number of hydrogen-bond acceptors (Lipinski definition) is 4. The number of fused-ring (bicyclic) bond motifs is 1. The van der Waals surface area contributed by atoms with Crippen LogP contribution in [0.3, 0.4) is 0 Å². The molecule has 0 radical (unpaired) electrons. The number of rotatable bonds is 3. The molecule has 0 bridgehead atoms. The minimum Gasteiger partial charge on any atom is -0.261 e. The Hall–Kier alpha value is -1.98. The molecule has 1 heterocycles. The van der Waals surface area contributed by atoms with Gasteiger partial charge in [-0.25, -0.2) is 4.98 Å². The Morgan fingerprint density at radius 3 is 2.82 bits per heavy atom. The standard InChI is InChI=1S/C16H12BrClN4/c1-10-4-2-5-11(8-10)9-19-22-15-12-6-3-7-13(17)14(12)20-16(18)21-15/h2-9H,1H3,(H,20,21,22)/b19-9+. The average molecular weight is 376 g/mol. The average Bonchev–Trinajstić information content (AvgIpc) is 2.48. The van der Waals surface area contributed by atoms with Gasteiger partial charge in [0.05, 0.1) is 11.7 Å². The zero-order valence-electron chi connectivity index (χ0n) is 11.7. The Morgan fingerprint density at radius 1 is 1.18 bits per heavy atom. The Morgan fingerprint density at radius 2 is 2.00 bits per heavy atom. The molecule has 0 saturated carbocycles. The van der Waals surface area contributed by atoms with Crippen LogP contribution in [-0.2, 0) is 0 Å². The maximum Gasteiger partial charge on any atom is 0.225 e. The second-order valence-corrected chi connectivity index (χ2v) is 5.95. The molecule has 0 unspecified atom stereocenters. The molecule has 0 spiro atoms. The van der Waals surface area contributed by atoms with E-state index in [9.17, 15) is 0 Å². The molecule has 22 heavy (non-hydrogen) atoms. The third-order valence-electron chi connectivity index (χ3n) is 3.08. The molecule has 3 rings (SSSR count). The highest BCUT2D eigenvalue weighted by Crippen LogP contribution is 2.27. The highest BCUT2D eigenvalue weighted by Gasteiger charge is 2.08. The summed E-state index contributed by atoms with van der Waals surface area (Å²) >= 11 is 9.44. The van der Waals surface area contributed by atoms with E-state index in [0.717, 1.165) is 20.9 Å². The fourth-order valence-corrected chi connectivity index (χ4v) is 2.72. The highest BCUT2D eigenvalue weighted by atomic mass is 79.9. The maximum absolute atomic E-state index is 5.98. The molecule has 0 aliphatic heterocycles. The minimum atomic E-state index is 0.174. The first-order valence-electron chi connectivity index (χ1n) is 6.61. The lowest BCUT2D eigenvalue weighted by atomic mass is 10.2. The summed E-state index contributed by atoms with van der Waals surface area (Å²) in [5.74, 6) is 0.570. The molecule has 1 N–H and O–H groups in total. The molecule has 1 aromatic heterocycles. The Bertz CT molecular complexity index is 864. The van der Waals surface area contributed by atoms with Crippen LogP contribution in [0.5, 0.6) is 0 Å². The van der Waals surface area contributed by atoms with E-state index in [1.54, 1.807) is 6.21 Å². The fraction of sp³-hybridized carbons (Fsp3) is 0.0625. The number of halogens is 2. The van der Waals surface area contributed by atoms with E-state index in [0.29, 0.717) is 5.82 Å². The Balaban J connectivity index is 1.92. The van der Waals surface area contributed by atoms with Crippen molar-refractivity contribution in [2.45, 2.75) is 6.92 Å². The number of para-hydroxylation sites is 1. The smallest absolute Gasteiger partial charge is 0.225 e. The van der Waals surface area contributed by atoms with Gasteiger partial charge in [0, 0.05) is 9.86 Å². The molecule has 0 amide bonds. The quantitative estimate of drug-likeness (QED) is 0.406. The van der Waals surface area contributed by atoms with Crippen LogP contribution in [0.15, 0.2) is 52.0 Å². The van der Waals surface area contributed by atoms with Crippen molar-refractivity contribution in [3.63, 3.8) is 0 Å². The molecule has 6 heteroatoms. The molecule has 0 saturated heterocycles. The van der Waals surface area contributed by atoms with E-state index in [1.165, 1.54) is 5.56 Å². The molecular formula is C16H12BrClN4. The molecule has 0 aliphatic carbocycles. The van der Waals surface area contributed by atoms with Crippen molar-refractivity contribution in [1.29, 1.82) is 0 Å². The van der Waals surface area contributed by atoms with E-state index in [-0.39, 0.29) is 5.28 Å². The van der Waals surface area contributed by atoms with Crippen LogP contribution in [0.1, 0.15) is 11.1 Å². The van der Waals surface area contributed by atoms with Crippen molar-refractivity contribution >= 4 is 50.5 Å². The van der Waals surface area contributed by atoms with Crippen LogP contribution in [0.25, 0.3) is 10.9 Å². The van der Waals surface area contributed by atoms with Crippen LogP contribution >= 0.6 is 27.5 Å². The lowest BCUT2D eigenvalue weighted by Gasteiger charge is -2.06. The van der Waals surface area contributed by atoms with E-state index >= 15 is 0 Å². The van der Waals surface area contributed by atoms with Crippen molar-refractivity contribution in [3.05, 3.63) is 63.3 Å². The molecule has 0 fully saturated rings. The first-order valence-corrected chi connectivity index (χ1v) is 7.78. The zero-order valence-corrected chi connectivity index (χ0v) is 14.1. The summed E-state index contributed by atoms with van der Waals surface area (Å²) in [6.45, 7) is 2.04. The summed E-state index contributed by atoms with van der Waals surface area (Å²) in [7, 11) is 0. The largest absolute Gasteiger partial charge is 0.261 e. The van der Waals surface area contributed by atoms with Gasteiger partial charge in [-0.05, 0) is 52.2 Å². The van der Waals surface area contributed by atoms with Crippen molar-refractivity contribution < 1.29 is 0 Å². The summed E-state index contributed by atoms with van der Waals surface area (Å²) in [4.78, 5) is 8.43. The van der Waals surface area contributed by atoms with Crippen molar-refractivity contribution in [2.75, 3.05) is 5.43 Å². The van der Waals surface area contributed by atoms with Crippen LogP contribution in [-0.4, -0.2) is 16.2 Å². The van der Waals surface area contributed by atoms with E-state index < -0.39 is 0 Å². The summed E-state index contributed by atoms with van der Waals surface area (Å²) in [6, 6.07) is 13.8. The Labute approximate surface area is 141 Å². The maximum atomic E-state index is 5.98. The van der Waals surface area contributed by atoms with Gasteiger partial charge >= 0.3 is 0 Å². The van der Waals surface area contributed by atoms with Crippen molar-refractivity contribution in [2.24, 2.45) is 5.10 Å². The third kappa shape index (κ3) is 3.26. The monoisotopic (exact) mass is 374 g/mol. The van der Waals surface area contributed by atoms with E-state index in [1.807, 2.05) is 49.4 Å². The number of hydrogen-bond donors (Lipinski definition) is 1. The second kappa shape index (κ2) is 6.42. The molecule has 2 aromatic carbocycles. The minimum absolute atomic E-state index is 0.174. The Kier molecular flexibility index (Phi) is 4.36. The van der Waals surface area contributed by atoms with Crippen molar-refractivity contribution in [3.8, 4) is 0 Å². The van der Waals surface area contributed by atoms with Gasteiger partial charge in [-0.3, -0.25) is 5.43 Å². The number of hydrazone groups is 1. The van der Waals surface area contributed by atoms with Crippen LogP contribution in [0, 0.1) is 6.92 Å². The highest BCUT2D eigenvalue weighted by molar-refractivity contribution is 9.10. The normalized spacial score (nSPS) is 11.2. The van der Waals surface area contributed by atoms with Crippen LogP contribution in [0.4, 0.5) is 5.82 Å². The SMILES string of the molecule is Cc1cccc(/C=N/Nc2nc(Cl)nc3c(Br)cccc23)c1. The summed E-state index contributed by atoms with van der Waals surface area (Å²) in [5, 5.41) is 5.26. The summed E-state index contributed by atoms with van der Waals surface area (Å²) in [5.41, 5.74) is 5.88. The lowest BCUT2D eigenvalue weighted by Crippen LogP contribution is -1.97. The van der Waals surface area contributed by atoms with E-state index in [4.69, 9.17) is 11.6 Å².